The molecule has 1 aliphatic carbocycles. The van der Waals surface area contributed by atoms with Gasteiger partial charge in [0.25, 0.3) is 0 Å². The van der Waals surface area contributed by atoms with Crippen LogP contribution in [0.5, 0.6) is 0 Å². The Kier molecular flexibility index (Phi) is 2.35. The second-order valence-corrected chi connectivity index (χ2v) is 5.40. The van der Waals surface area contributed by atoms with Gasteiger partial charge >= 0.3 is 0 Å². The molecule has 2 unspecified atom stereocenters. The molecule has 1 aliphatic heterocycles. The zero-order valence-electron chi connectivity index (χ0n) is 11.3. The van der Waals surface area contributed by atoms with Crippen molar-refractivity contribution in [3.05, 3.63) is 22.3 Å². The van der Waals surface area contributed by atoms with Gasteiger partial charge in [-0.05, 0) is 45.8 Å². The molecule has 2 amide bonds. The number of rotatable bonds is 0. The zero-order chi connectivity index (χ0) is 13.1. The van der Waals surface area contributed by atoms with Gasteiger partial charge in [0.1, 0.15) is 0 Å². The van der Waals surface area contributed by atoms with Crippen LogP contribution in [0.3, 0.4) is 0 Å². The van der Waals surface area contributed by atoms with E-state index in [-0.39, 0.29) is 17.7 Å². The zero-order valence-corrected chi connectivity index (χ0v) is 11.3. The highest BCUT2D eigenvalue weighted by molar-refractivity contribution is 6.10. The molecule has 0 aromatic heterocycles. The van der Waals surface area contributed by atoms with Crippen molar-refractivity contribution in [1.82, 2.24) is 4.90 Å². The van der Waals surface area contributed by atoms with Crippen molar-refractivity contribution < 1.29 is 9.59 Å². The van der Waals surface area contributed by atoms with Crippen molar-refractivity contribution in [2.24, 2.45) is 11.3 Å². The van der Waals surface area contributed by atoms with Crippen LogP contribution in [0.2, 0.25) is 0 Å². The van der Waals surface area contributed by atoms with E-state index in [1.54, 1.807) is 7.05 Å². The third kappa shape index (κ3) is 1.17. The van der Waals surface area contributed by atoms with Gasteiger partial charge in [0.2, 0.25) is 11.8 Å². The number of likely N-dealkylation sites (tertiary alicyclic amines) is 1. The molecule has 1 fully saturated rings. The Morgan fingerprint density at radius 2 is 1.59 bits per heavy atom. The first-order valence-corrected chi connectivity index (χ1v) is 5.92. The summed E-state index contributed by atoms with van der Waals surface area (Å²) in [4.78, 5) is 25.8. The maximum atomic E-state index is 12.3. The minimum Gasteiger partial charge on any atom is -0.284 e. The van der Waals surface area contributed by atoms with Crippen LogP contribution in [0.25, 0.3) is 0 Å². The number of hydrogen-bond donors (Lipinski definition) is 0. The summed E-state index contributed by atoms with van der Waals surface area (Å²) in [6, 6.07) is 0. The molecule has 0 bridgehead atoms. The van der Waals surface area contributed by atoms with Crippen LogP contribution in [-0.2, 0) is 9.59 Å². The summed E-state index contributed by atoms with van der Waals surface area (Å²) in [6.07, 6.45) is 0. The van der Waals surface area contributed by atoms with E-state index in [0.29, 0.717) is 0 Å². The molecule has 17 heavy (non-hydrogen) atoms. The number of carbonyl (C=O) groups is 2. The Bertz CT molecular complexity index is 498. The van der Waals surface area contributed by atoms with Crippen LogP contribution >= 0.6 is 0 Å². The molecule has 0 spiro atoms. The summed E-state index contributed by atoms with van der Waals surface area (Å²) in [5.74, 6) is -0.443. The van der Waals surface area contributed by atoms with E-state index >= 15 is 0 Å². The summed E-state index contributed by atoms with van der Waals surface area (Å²) in [7, 11) is 1.58. The van der Waals surface area contributed by atoms with Gasteiger partial charge in [-0.25, -0.2) is 0 Å². The number of imide groups is 1. The number of amides is 2. The van der Waals surface area contributed by atoms with E-state index in [9.17, 15) is 9.59 Å². The fourth-order valence-corrected chi connectivity index (χ4v) is 3.19. The number of nitrogens with zero attached hydrogens (tertiary/aromatic N) is 1. The fourth-order valence-electron chi connectivity index (χ4n) is 3.19. The average molecular weight is 233 g/mol. The van der Waals surface area contributed by atoms with E-state index in [4.69, 9.17) is 0 Å². The van der Waals surface area contributed by atoms with E-state index < -0.39 is 5.41 Å². The van der Waals surface area contributed by atoms with Crippen LogP contribution in [0, 0.1) is 11.3 Å². The third-order valence-electron chi connectivity index (χ3n) is 4.83. The smallest absolute Gasteiger partial charge is 0.240 e. The summed E-state index contributed by atoms with van der Waals surface area (Å²) in [5, 5.41) is 0. The quantitative estimate of drug-likeness (QED) is 0.602. The molecule has 3 heteroatoms. The highest BCUT2D eigenvalue weighted by atomic mass is 16.2. The summed E-state index contributed by atoms with van der Waals surface area (Å²) in [6.45, 7) is 9.91. The molecule has 0 aromatic rings. The summed E-state index contributed by atoms with van der Waals surface area (Å²) >= 11 is 0. The van der Waals surface area contributed by atoms with Gasteiger partial charge in [-0.3, -0.25) is 14.5 Å². The third-order valence-corrected chi connectivity index (χ3v) is 4.83. The Morgan fingerprint density at radius 1 is 1.06 bits per heavy atom. The molecular formula is C14H19NO2. The van der Waals surface area contributed by atoms with Crippen molar-refractivity contribution in [1.29, 1.82) is 0 Å². The van der Waals surface area contributed by atoms with Crippen molar-refractivity contribution in [3.63, 3.8) is 0 Å². The molecule has 92 valence electrons. The maximum absolute atomic E-state index is 12.3. The predicted molar refractivity (Wildman–Crippen MR) is 66.1 cm³/mol. The maximum Gasteiger partial charge on any atom is 0.240 e. The average Bonchev–Trinajstić information content (AvgIpc) is 2.47. The van der Waals surface area contributed by atoms with Crippen molar-refractivity contribution in [2.75, 3.05) is 7.05 Å². The molecule has 2 atom stereocenters. The second kappa shape index (κ2) is 3.31. The predicted octanol–water partition coefficient (Wildman–Crippen LogP) is 2.29. The lowest BCUT2D eigenvalue weighted by Crippen LogP contribution is -2.37. The highest BCUT2D eigenvalue weighted by Gasteiger charge is 2.58. The van der Waals surface area contributed by atoms with Gasteiger partial charge in [-0.2, -0.15) is 0 Å². The normalized spacial score (nSPS) is 33.8. The molecule has 2 aliphatic rings. The molecular weight excluding hydrogens is 214 g/mol. The first kappa shape index (κ1) is 12.1. The summed E-state index contributed by atoms with van der Waals surface area (Å²) < 4.78 is 0. The molecule has 3 nitrogen and oxygen atoms in total. The van der Waals surface area contributed by atoms with Gasteiger partial charge in [-0.15, -0.1) is 0 Å². The molecule has 0 aromatic carbocycles. The Hall–Kier alpha value is -1.38. The van der Waals surface area contributed by atoms with E-state index in [1.165, 1.54) is 4.90 Å². The van der Waals surface area contributed by atoms with Crippen molar-refractivity contribution in [3.8, 4) is 0 Å². The number of carbonyl (C=O) groups excluding carboxylic acids is 2. The summed E-state index contributed by atoms with van der Waals surface area (Å²) in [5.41, 5.74) is 3.71. The van der Waals surface area contributed by atoms with Crippen molar-refractivity contribution in [2.45, 2.75) is 34.6 Å². The van der Waals surface area contributed by atoms with E-state index in [1.807, 2.05) is 34.6 Å². The van der Waals surface area contributed by atoms with Gasteiger partial charge in [0, 0.05) is 7.05 Å². The molecule has 0 radical (unpaired) electrons. The van der Waals surface area contributed by atoms with Crippen LogP contribution in [0.15, 0.2) is 22.3 Å². The topological polar surface area (TPSA) is 37.4 Å². The highest BCUT2D eigenvalue weighted by Crippen LogP contribution is 2.52. The molecule has 1 saturated heterocycles. The molecule has 1 heterocycles. The number of fused-ring (bicyclic) bond motifs is 1. The second-order valence-electron chi connectivity index (χ2n) is 5.40. The van der Waals surface area contributed by atoms with Gasteiger partial charge in [-0.1, -0.05) is 11.1 Å². The minimum absolute atomic E-state index is 0.0683. The largest absolute Gasteiger partial charge is 0.284 e. The van der Waals surface area contributed by atoms with Gasteiger partial charge in [0.15, 0.2) is 0 Å². The lowest BCUT2D eigenvalue weighted by atomic mass is 9.64. The minimum atomic E-state index is -0.667. The first-order valence-electron chi connectivity index (χ1n) is 5.92. The Morgan fingerprint density at radius 3 is 2.12 bits per heavy atom. The van der Waals surface area contributed by atoms with Crippen molar-refractivity contribution >= 4 is 11.8 Å². The lowest BCUT2D eigenvalue weighted by Gasteiger charge is -2.35. The first-order chi connectivity index (χ1) is 7.74. The number of allylic oxidation sites excluding steroid dienone is 2. The van der Waals surface area contributed by atoms with Crippen LogP contribution in [-0.4, -0.2) is 23.8 Å². The monoisotopic (exact) mass is 233 g/mol. The van der Waals surface area contributed by atoms with Crippen LogP contribution < -0.4 is 0 Å². The van der Waals surface area contributed by atoms with Gasteiger partial charge in [0.05, 0.1) is 11.3 Å². The standard InChI is InChI=1S/C14H19NO2/c1-7-8(2)10(4)14(5)11(9(7)3)12(16)15(6)13(14)17/h11H,1-6H3. The Labute approximate surface area is 102 Å². The lowest BCUT2D eigenvalue weighted by molar-refractivity contribution is -0.138. The van der Waals surface area contributed by atoms with Crippen LogP contribution in [0.1, 0.15) is 34.6 Å². The molecule has 0 saturated carbocycles. The van der Waals surface area contributed by atoms with Crippen LogP contribution in [0.4, 0.5) is 0 Å². The Balaban J connectivity index is 2.75. The SMILES string of the molecule is CC1=C(C)C2C(=O)N(C)C(=O)C2(C)C(C)=C1C. The number of hydrogen-bond acceptors (Lipinski definition) is 2. The fraction of sp³-hybridized carbons (Fsp3) is 0.571. The van der Waals surface area contributed by atoms with E-state index in [0.717, 1.165) is 22.3 Å². The van der Waals surface area contributed by atoms with Gasteiger partial charge < -0.3 is 0 Å². The molecule has 0 N–H and O–H groups in total. The van der Waals surface area contributed by atoms with E-state index in [2.05, 4.69) is 0 Å². The molecule has 2 rings (SSSR count).